The molecule has 2 rings (SSSR count). The number of rotatable bonds is 5. The molecule has 0 aliphatic carbocycles. The molecule has 0 spiro atoms. The lowest BCUT2D eigenvalue weighted by Crippen LogP contribution is -2.07. The molecule has 0 amide bonds. The molecule has 1 heterocycles. The molecular formula is C13H10ClFN6O2. The van der Waals surface area contributed by atoms with Crippen LogP contribution in [0.15, 0.2) is 18.3 Å². The number of H-pyrrole nitrogens is 1. The summed E-state index contributed by atoms with van der Waals surface area (Å²) in [6.07, 6.45) is 1.19. The quantitative estimate of drug-likeness (QED) is 0.634. The Kier molecular flexibility index (Phi) is 5.22. The molecule has 0 aliphatic heterocycles. The van der Waals surface area contributed by atoms with Gasteiger partial charge in [0.15, 0.2) is 0 Å². The smallest absolute Gasteiger partial charge is 0.339 e. The van der Waals surface area contributed by atoms with Crippen LogP contribution in [0.4, 0.5) is 10.1 Å². The Bertz CT molecular complexity index is 785. The molecule has 8 nitrogen and oxygen atoms in total. The van der Waals surface area contributed by atoms with Crippen LogP contribution >= 0.6 is 11.6 Å². The molecule has 23 heavy (non-hydrogen) atoms. The first-order valence-corrected chi connectivity index (χ1v) is 6.71. The molecule has 2 aromatic rings. The van der Waals surface area contributed by atoms with E-state index >= 15 is 0 Å². The van der Waals surface area contributed by atoms with Gasteiger partial charge in [0.2, 0.25) is 5.82 Å². The van der Waals surface area contributed by atoms with Crippen LogP contribution in [0.5, 0.6) is 0 Å². The number of allylic oxidation sites excluding steroid dienone is 1. The third-order valence-corrected chi connectivity index (χ3v) is 2.94. The van der Waals surface area contributed by atoms with Gasteiger partial charge >= 0.3 is 5.97 Å². The minimum Gasteiger partial charge on any atom is -0.462 e. The highest BCUT2D eigenvalue weighted by molar-refractivity contribution is 6.33. The molecule has 0 bridgehead atoms. The largest absolute Gasteiger partial charge is 0.462 e. The number of carbonyl (C=O) groups excluding carboxylic acids is 1. The van der Waals surface area contributed by atoms with Crippen LogP contribution in [0.1, 0.15) is 23.1 Å². The maximum atomic E-state index is 13.9. The molecule has 10 heteroatoms. The minimum absolute atomic E-state index is 0.00360. The maximum Gasteiger partial charge on any atom is 0.339 e. The number of halogens is 2. The van der Waals surface area contributed by atoms with Crippen molar-refractivity contribution in [2.45, 2.75) is 6.92 Å². The van der Waals surface area contributed by atoms with E-state index in [0.29, 0.717) is 0 Å². The maximum absolute atomic E-state index is 13.9. The lowest BCUT2D eigenvalue weighted by atomic mass is 10.2. The lowest BCUT2D eigenvalue weighted by Gasteiger charge is -2.08. The van der Waals surface area contributed by atoms with Gasteiger partial charge in [-0.1, -0.05) is 11.6 Å². The molecule has 2 N–H and O–H groups in total. The Morgan fingerprint density at radius 3 is 3.00 bits per heavy atom. The Labute approximate surface area is 134 Å². The second kappa shape index (κ2) is 7.33. The minimum atomic E-state index is -0.704. The van der Waals surface area contributed by atoms with E-state index in [0.717, 1.165) is 6.07 Å². The SMILES string of the molecule is CCOC(=O)c1cc(NC=C(C#N)c2nn[nH]n2)c(F)cc1Cl. The second-order valence-electron chi connectivity index (χ2n) is 4.08. The molecule has 0 saturated heterocycles. The van der Waals surface area contributed by atoms with Gasteiger partial charge in [0, 0.05) is 6.20 Å². The van der Waals surface area contributed by atoms with Crippen molar-refractivity contribution in [1.29, 1.82) is 5.26 Å². The van der Waals surface area contributed by atoms with E-state index in [1.807, 2.05) is 6.07 Å². The van der Waals surface area contributed by atoms with Gasteiger partial charge in [-0.3, -0.25) is 0 Å². The number of hydrogen-bond acceptors (Lipinski definition) is 7. The fourth-order valence-electron chi connectivity index (χ4n) is 1.60. The number of nitrogens with one attached hydrogen (secondary N) is 2. The van der Waals surface area contributed by atoms with Crippen molar-refractivity contribution in [3.05, 3.63) is 40.6 Å². The zero-order valence-corrected chi connectivity index (χ0v) is 12.6. The standard InChI is InChI=1S/C13H10ClFN6O2/c1-2-23-13(22)8-3-11(10(15)4-9(8)14)17-6-7(5-16)12-18-20-21-19-12/h3-4,6,17H,2H2,1H3,(H,18,19,20,21). The van der Waals surface area contributed by atoms with Crippen LogP contribution in [-0.4, -0.2) is 33.2 Å². The zero-order chi connectivity index (χ0) is 16.8. The van der Waals surface area contributed by atoms with Gasteiger partial charge in [-0.2, -0.15) is 10.5 Å². The van der Waals surface area contributed by atoms with E-state index in [9.17, 15) is 9.18 Å². The van der Waals surface area contributed by atoms with Crippen molar-refractivity contribution in [3.63, 3.8) is 0 Å². The van der Waals surface area contributed by atoms with Gasteiger partial charge in [0.1, 0.15) is 17.5 Å². The first-order valence-electron chi connectivity index (χ1n) is 6.33. The van der Waals surface area contributed by atoms with Crippen molar-refractivity contribution < 1.29 is 13.9 Å². The summed E-state index contributed by atoms with van der Waals surface area (Å²) in [5.74, 6) is -1.34. The van der Waals surface area contributed by atoms with Gasteiger partial charge in [-0.25, -0.2) is 9.18 Å². The highest BCUT2D eigenvalue weighted by Crippen LogP contribution is 2.25. The number of aromatic amines is 1. The first-order chi connectivity index (χ1) is 11.1. The fourth-order valence-corrected chi connectivity index (χ4v) is 1.83. The van der Waals surface area contributed by atoms with E-state index < -0.39 is 11.8 Å². The lowest BCUT2D eigenvalue weighted by molar-refractivity contribution is 0.0526. The van der Waals surface area contributed by atoms with E-state index in [2.05, 4.69) is 25.9 Å². The Hall–Kier alpha value is -2.99. The summed E-state index contributed by atoms with van der Waals surface area (Å²) >= 11 is 5.83. The predicted octanol–water partition coefficient (Wildman–Crippen LogP) is 2.15. The average Bonchev–Trinajstić information content (AvgIpc) is 3.04. The predicted molar refractivity (Wildman–Crippen MR) is 78.8 cm³/mol. The van der Waals surface area contributed by atoms with Crippen molar-refractivity contribution in [1.82, 2.24) is 20.6 Å². The van der Waals surface area contributed by atoms with Gasteiger partial charge in [-0.05, 0) is 24.3 Å². The second-order valence-corrected chi connectivity index (χ2v) is 4.49. The van der Waals surface area contributed by atoms with Gasteiger partial charge in [0.25, 0.3) is 0 Å². The molecular weight excluding hydrogens is 327 g/mol. The van der Waals surface area contributed by atoms with Crippen LogP contribution < -0.4 is 5.32 Å². The summed E-state index contributed by atoms with van der Waals surface area (Å²) in [4.78, 5) is 11.8. The molecule has 0 fully saturated rings. The molecule has 0 atom stereocenters. The summed E-state index contributed by atoms with van der Waals surface area (Å²) in [6, 6.07) is 4.01. The monoisotopic (exact) mass is 336 g/mol. The van der Waals surface area contributed by atoms with Gasteiger partial charge in [0.05, 0.1) is 22.9 Å². The normalized spacial score (nSPS) is 11.0. The van der Waals surface area contributed by atoms with E-state index in [1.165, 1.54) is 12.3 Å². The van der Waals surface area contributed by atoms with Crippen LogP contribution in [-0.2, 0) is 4.74 Å². The molecule has 118 valence electrons. The number of nitrogens with zero attached hydrogens (tertiary/aromatic N) is 4. The summed E-state index contributed by atoms with van der Waals surface area (Å²) in [5.41, 5.74) is -0.0385. The van der Waals surface area contributed by atoms with E-state index in [1.54, 1.807) is 6.92 Å². The number of anilines is 1. The molecule has 0 saturated carbocycles. The topological polar surface area (TPSA) is 117 Å². The van der Waals surface area contributed by atoms with Crippen molar-refractivity contribution >= 4 is 28.8 Å². The Morgan fingerprint density at radius 1 is 1.61 bits per heavy atom. The molecule has 0 aliphatic rings. The zero-order valence-electron chi connectivity index (χ0n) is 11.8. The Morgan fingerprint density at radius 2 is 2.39 bits per heavy atom. The van der Waals surface area contributed by atoms with Crippen molar-refractivity contribution in [3.8, 4) is 6.07 Å². The molecule has 1 aromatic carbocycles. The number of nitriles is 1. The van der Waals surface area contributed by atoms with Crippen LogP contribution in [0, 0.1) is 17.1 Å². The van der Waals surface area contributed by atoms with Gasteiger partial charge in [-0.15, -0.1) is 10.2 Å². The summed E-state index contributed by atoms with van der Waals surface area (Å²) in [5, 5.41) is 24.3. The van der Waals surface area contributed by atoms with Gasteiger partial charge < -0.3 is 10.1 Å². The van der Waals surface area contributed by atoms with Crippen molar-refractivity contribution in [2.24, 2.45) is 0 Å². The molecule has 0 radical (unpaired) electrons. The third kappa shape index (κ3) is 3.81. The summed E-state index contributed by atoms with van der Waals surface area (Å²) in [7, 11) is 0. The van der Waals surface area contributed by atoms with Crippen molar-refractivity contribution in [2.75, 3.05) is 11.9 Å². The number of benzene rings is 1. The third-order valence-electron chi connectivity index (χ3n) is 2.63. The van der Waals surface area contributed by atoms with Crippen LogP contribution in [0.25, 0.3) is 5.57 Å². The number of aromatic nitrogens is 4. The average molecular weight is 337 g/mol. The summed E-state index contributed by atoms with van der Waals surface area (Å²) in [6.45, 7) is 1.80. The number of esters is 1. The number of tetrazole rings is 1. The Balaban J connectivity index is 2.31. The number of hydrogen-bond donors (Lipinski definition) is 2. The fraction of sp³-hybridized carbons (Fsp3) is 0.154. The highest BCUT2D eigenvalue weighted by Gasteiger charge is 2.16. The van der Waals surface area contributed by atoms with Crippen LogP contribution in [0.3, 0.4) is 0 Å². The van der Waals surface area contributed by atoms with Crippen LogP contribution in [0.2, 0.25) is 5.02 Å². The number of ether oxygens (including phenoxy) is 1. The summed E-state index contributed by atoms with van der Waals surface area (Å²) < 4.78 is 18.8. The highest BCUT2D eigenvalue weighted by atomic mass is 35.5. The molecule has 0 unspecified atom stereocenters. The number of carbonyl (C=O) groups is 1. The van der Waals surface area contributed by atoms with E-state index in [4.69, 9.17) is 21.6 Å². The first kappa shape index (κ1) is 16.4. The molecule has 1 aromatic heterocycles. The van der Waals surface area contributed by atoms with E-state index in [-0.39, 0.29) is 34.3 Å².